The summed E-state index contributed by atoms with van der Waals surface area (Å²) < 4.78 is 32.8. The van der Waals surface area contributed by atoms with E-state index in [1.54, 1.807) is 4.90 Å². The molecular formula is C18H28N2O4S. The number of nitrogens with zero attached hydrogens (tertiary/aromatic N) is 1. The fraction of sp³-hybridized carbons (Fsp3) is 0.611. The second-order valence-corrected chi connectivity index (χ2v) is 9.36. The Bertz CT molecular complexity index is 685. The van der Waals surface area contributed by atoms with Gasteiger partial charge in [0.05, 0.1) is 5.75 Å². The van der Waals surface area contributed by atoms with Crippen molar-refractivity contribution < 1.29 is 17.9 Å². The van der Waals surface area contributed by atoms with E-state index in [-0.39, 0.29) is 17.9 Å². The summed E-state index contributed by atoms with van der Waals surface area (Å²) in [6.07, 6.45) is 0.840. The van der Waals surface area contributed by atoms with Gasteiger partial charge in [-0.1, -0.05) is 29.8 Å². The molecule has 1 aliphatic heterocycles. The molecular weight excluding hydrogens is 340 g/mol. The molecule has 1 aromatic carbocycles. The lowest BCUT2D eigenvalue weighted by atomic mass is 10.1. The van der Waals surface area contributed by atoms with Crippen LogP contribution in [0.5, 0.6) is 0 Å². The van der Waals surface area contributed by atoms with E-state index in [0.717, 1.165) is 11.1 Å². The number of hydrogen-bond donors (Lipinski definition) is 1. The third kappa shape index (κ3) is 6.66. The van der Waals surface area contributed by atoms with Crippen molar-refractivity contribution >= 4 is 16.1 Å². The number of carbonyl (C=O) groups excluding carboxylic acids is 1. The lowest BCUT2D eigenvalue weighted by Gasteiger charge is -2.33. The van der Waals surface area contributed by atoms with Gasteiger partial charge in [-0.3, -0.25) is 0 Å². The van der Waals surface area contributed by atoms with E-state index in [1.807, 2.05) is 52.0 Å². The highest BCUT2D eigenvalue weighted by atomic mass is 32.2. The maximum Gasteiger partial charge on any atom is 0.410 e. The van der Waals surface area contributed by atoms with Crippen LogP contribution < -0.4 is 4.72 Å². The van der Waals surface area contributed by atoms with E-state index in [9.17, 15) is 13.2 Å². The van der Waals surface area contributed by atoms with Crippen molar-refractivity contribution in [3.8, 4) is 0 Å². The van der Waals surface area contributed by atoms with E-state index < -0.39 is 15.6 Å². The first-order valence-electron chi connectivity index (χ1n) is 8.57. The first kappa shape index (κ1) is 19.7. The van der Waals surface area contributed by atoms with Gasteiger partial charge < -0.3 is 9.64 Å². The molecule has 1 aliphatic rings. The highest BCUT2D eigenvalue weighted by molar-refractivity contribution is 7.88. The van der Waals surface area contributed by atoms with Gasteiger partial charge >= 0.3 is 6.09 Å². The van der Waals surface area contributed by atoms with Crippen LogP contribution in [0.15, 0.2) is 24.3 Å². The molecule has 140 valence electrons. The molecule has 0 bridgehead atoms. The Balaban J connectivity index is 1.84. The molecule has 0 aliphatic carbocycles. The zero-order valence-corrected chi connectivity index (χ0v) is 16.2. The monoisotopic (exact) mass is 368 g/mol. The number of ether oxygens (including phenoxy) is 1. The predicted octanol–water partition coefficient (Wildman–Crippen LogP) is 2.81. The Morgan fingerprint density at radius 1 is 1.20 bits per heavy atom. The summed E-state index contributed by atoms with van der Waals surface area (Å²) in [6, 6.07) is 7.34. The molecule has 0 saturated carbocycles. The van der Waals surface area contributed by atoms with Crippen molar-refractivity contribution in [2.75, 3.05) is 13.1 Å². The average Bonchev–Trinajstić information content (AvgIpc) is 2.48. The van der Waals surface area contributed by atoms with Crippen molar-refractivity contribution in [2.24, 2.45) is 0 Å². The summed E-state index contributed by atoms with van der Waals surface area (Å²) in [7, 11) is -3.40. The molecule has 1 aromatic rings. The lowest BCUT2D eigenvalue weighted by Crippen LogP contribution is -2.47. The second kappa shape index (κ2) is 7.74. The van der Waals surface area contributed by atoms with Crippen LogP contribution in [-0.4, -0.2) is 44.1 Å². The minimum Gasteiger partial charge on any atom is -0.444 e. The largest absolute Gasteiger partial charge is 0.444 e. The van der Waals surface area contributed by atoms with E-state index >= 15 is 0 Å². The van der Waals surface area contributed by atoms with Crippen LogP contribution in [0.2, 0.25) is 0 Å². The molecule has 1 fully saturated rings. The molecule has 2 rings (SSSR count). The smallest absolute Gasteiger partial charge is 0.410 e. The molecule has 0 unspecified atom stereocenters. The van der Waals surface area contributed by atoms with Gasteiger partial charge in [-0.15, -0.1) is 0 Å². The third-order valence-electron chi connectivity index (χ3n) is 3.97. The zero-order valence-electron chi connectivity index (χ0n) is 15.4. The minimum absolute atomic E-state index is 0.0282. The van der Waals surface area contributed by atoms with Crippen molar-refractivity contribution in [1.82, 2.24) is 9.62 Å². The average molecular weight is 368 g/mol. The number of hydrogen-bond acceptors (Lipinski definition) is 4. The number of nitrogens with one attached hydrogen (secondary N) is 1. The van der Waals surface area contributed by atoms with Crippen LogP contribution in [0, 0.1) is 6.92 Å². The van der Waals surface area contributed by atoms with Crippen LogP contribution in [0.1, 0.15) is 44.7 Å². The van der Waals surface area contributed by atoms with Crippen LogP contribution in [0.3, 0.4) is 0 Å². The van der Waals surface area contributed by atoms with Gasteiger partial charge in [-0.05, 0) is 46.1 Å². The summed E-state index contributed by atoms with van der Waals surface area (Å²) in [5.74, 6) is -0.0282. The van der Waals surface area contributed by atoms with Gasteiger partial charge in [0.2, 0.25) is 10.0 Å². The number of sulfonamides is 1. The number of carbonyl (C=O) groups is 1. The number of amides is 1. The molecule has 1 heterocycles. The molecule has 1 saturated heterocycles. The maximum absolute atomic E-state index is 12.3. The highest BCUT2D eigenvalue weighted by Crippen LogP contribution is 2.17. The normalized spacial score (nSPS) is 16.7. The Hall–Kier alpha value is -1.60. The number of piperidine rings is 1. The van der Waals surface area contributed by atoms with Crippen molar-refractivity contribution in [2.45, 2.75) is 57.9 Å². The zero-order chi connectivity index (χ0) is 18.7. The van der Waals surface area contributed by atoms with E-state index in [1.165, 1.54) is 0 Å². The molecule has 7 heteroatoms. The van der Waals surface area contributed by atoms with Crippen molar-refractivity contribution in [1.29, 1.82) is 0 Å². The van der Waals surface area contributed by atoms with Crippen LogP contribution >= 0.6 is 0 Å². The first-order valence-corrected chi connectivity index (χ1v) is 10.2. The van der Waals surface area contributed by atoms with Gasteiger partial charge in [-0.25, -0.2) is 17.9 Å². The minimum atomic E-state index is -3.40. The summed E-state index contributed by atoms with van der Waals surface area (Å²) in [4.78, 5) is 13.7. The predicted molar refractivity (Wildman–Crippen MR) is 97.8 cm³/mol. The molecule has 25 heavy (non-hydrogen) atoms. The van der Waals surface area contributed by atoms with Gasteiger partial charge in [0.15, 0.2) is 0 Å². The molecule has 0 atom stereocenters. The fourth-order valence-electron chi connectivity index (χ4n) is 2.71. The van der Waals surface area contributed by atoms with Crippen molar-refractivity contribution in [3.63, 3.8) is 0 Å². The Morgan fingerprint density at radius 3 is 2.28 bits per heavy atom. The number of aryl methyl sites for hydroxylation is 1. The number of rotatable bonds is 4. The molecule has 0 radical (unpaired) electrons. The second-order valence-electron chi connectivity index (χ2n) is 7.60. The summed E-state index contributed by atoms with van der Waals surface area (Å²) in [6.45, 7) is 8.44. The standard InChI is InChI=1S/C18H28N2O4S/c1-14-5-7-15(8-6-14)13-25(22,23)19-16-9-11-20(12-10-16)17(21)24-18(2,3)4/h5-8,16,19H,9-13H2,1-4H3. The van der Waals surface area contributed by atoms with Crippen LogP contribution in [0.25, 0.3) is 0 Å². The molecule has 6 nitrogen and oxygen atoms in total. The summed E-state index contributed by atoms with van der Waals surface area (Å²) >= 11 is 0. The number of likely N-dealkylation sites (tertiary alicyclic amines) is 1. The first-order chi connectivity index (χ1) is 11.5. The molecule has 1 amide bonds. The quantitative estimate of drug-likeness (QED) is 0.887. The Kier molecular flexibility index (Phi) is 6.11. The Morgan fingerprint density at radius 2 is 1.76 bits per heavy atom. The molecule has 1 N–H and O–H groups in total. The molecule has 0 spiro atoms. The Labute approximate surface area is 150 Å². The topological polar surface area (TPSA) is 75.7 Å². The third-order valence-corrected chi connectivity index (χ3v) is 5.38. The van der Waals surface area contributed by atoms with Gasteiger partial charge in [0, 0.05) is 19.1 Å². The summed E-state index contributed by atoms with van der Waals surface area (Å²) in [5, 5.41) is 0. The van der Waals surface area contributed by atoms with E-state index in [2.05, 4.69) is 4.72 Å². The van der Waals surface area contributed by atoms with Gasteiger partial charge in [0.1, 0.15) is 5.60 Å². The van der Waals surface area contributed by atoms with Gasteiger partial charge in [-0.2, -0.15) is 0 Å². The lowest BCUT2D eigenvalue weighted by molar-refractivity contribution is 0.0204. The fourth-order valence-corrected chi connectivity index (χ4v) is 4.16. The highest BCUT2D eigenvalue weighted by Gasteiger charge is 2.28. The summed E-state index contributed by atoms with van der Waals surface area (Å²) in [5.41, 5.74) is 1.34. The van der Waals surface area contributed by atoms with Crippen LogP contribution in [0.4, 0.5) is 4.79 Å². The SMILES string of the molecule is Cc1ccc(CS(=O)(=O)NC2CCN(C(=O)OC(C)(C)C)CC2)cc1. The van der Waals surface area contributed by atoms with Gasteiger partial charge in [0.25, 0.3) is 0 Å². The van der Waals surface area contributed by atoms with Crippen LogP contribution in [-0.2, 0) is 20.5 Å². The maximum atomic E-state index is 12.3. The molecule has 0 aromatic heterocycles. The van der Waals surface area contributed by atoms with E-state index in [0.29, 0.717) is 25.9 Å². The number of benzene rings is 1. The van der Waals surface area contributed by atoms with E-state index in [4.69, 9.17) is 4.74 Å². The van der Waals surface area contributed by atoms with Crippen molar-refractivity contribution in [3.05, 3.63) is 35.4 Å².